The highest BCUT2D eigenvalue weighted by atomic mass is 16.5. The fourth-order valence-corrected chi connectivity index (χ4v) is 2.19. The molecule has 0 saturated carbocycles. The molecule has 3 rings (SSSR count). The highest BCUT2D eigenvalue weighted by Crippen LogP contribution is 2.32. The first-order chi connectivity index (χ1) is 6.86. The first-order valence-electron chi connectivity index (χ1n) is 4.92. The van der Waals surface area contributed by atoms with Crippen molar-refractivity contribution in [2.45, 2.75) is 19.4 Å². The lowest BCUT2D eigenvalue weighted by atomic mass is 9.97. The quantitative estimate of drug-likeness (QED) is 0.667. The molecule has 0 aromatic heterocycles. The number of carbonyl (C=O) groups excluding carboxylic acids is 1. The van der Waals surface area contributed by atoms with Crippen molar-refractivity contribution in [3.8, 4) is 5.75 Å². The Morgan fingerprint density at radius 3 is 3.14 bits per heavy atom. The molecule has 2 aliphatic rings. The Hall–Kier alpha value is -1.51. The van der Waals surface area contributed by atoms with Gasteiger partial charge in [-0.15, -0.1) is 0 Å². The van der Waals surface area contributed by atoms with E-state index in [1.165, 1.54) is 5.56 Å². The van der Waals surface area contributed by atoms with Gasteiger partial charge in [-0.1, -0.05) is 0 Å². The van der Waals surface area contributed by atoms with Crippen LogP contribution in [0.4, 0.5) is 0 Å². The molecule has 2 heterocycles. The summed E-state index contributed by atoms with van der Waals surface area (Å²) in [4.78, 5) is 11.4. The average Bonchev–Trinajstić information content (AvgIpc) is 2.61. The van der Waals surface area contributed by atoms with Crippen LogP contribution in [0.3, 0.4) is 0 Å². The van der Waals surface area contributed by atoms with Crippen LogP contribution >= 0.6 is 0 Å². The lowest BCUT2D eigenvalue weighted by Gasteiger charge is -2.19. The minimum Gasteiger partial charge on any atom is -0.493 e. The molecular formula is C11H11NO2. The lowest BCUT2D eigenvalue weighted by molar-refractivity contribution is 0.0966. The second-order valence-electron chi connectivity index (χ2n) is 3.70. The molecule has 0 bridgehead atoms. The maximum absolute atomic E-state index is 11.4. The number of rotatable bonds is 0. The summed E-state index contributed by atoms with van der Waals surface area (Å²) in [5, 5.41) is 2.84. The number of hydrogen-bond donors (Lipinski definition) is 1. The summed E-state index contributed by atoms with van der Waals surface area (Å²) in [7, 11) is 0. The molecule has 0 aliphatic carbocycles. The molecule has 1 aromatic carbocycles. The van der Waals surface area contributed by atoms with Crippen LogP contribution < -0.4 is 10.1 Å². The number of benzene rings is 1. The molecule has 2 aliphatic heterocycles. The summed E-state index contributed by atoms with van der Waals surface area (Å²) in [6.45, 7) is 1.47. The van der Waals surface area contributed by atoms with E-state index in [0.717, 1.165) is 36.3 Å². The third-order valence-electron chi connectivity index (χ3n) is 2.89. The van der Waals surface area contributed by atoms with E-state index in [4.69, 9.17) is 4.74 Å². The largest absolute Gasteiger partial charge is 0.493 e. The van der Waals surface area contributed by atoms with Crippen molar-refractivity contribution in [3.63, 3.8) is 0 Å². The molecule has 3 heteroatoms. The first kappa shape index (κ1) is 7.85. The Bertz CT molecular complexity index is 412. The Kier molecular flexibility index (Phi) is 1.54. The monoisotopic (exact) mass is 189 g/mol. The number of ether oxygens (including phenoxy) is 1. The minimum atomic E-state index is 0.0494. The normalized spacial score (nSPS) is 18.1. The minimum absolute atomic E-state index is 0.0494. The van der Waals surface area contributed by atoms with Gasteiger partial charge in [0, 0.05) is 17.7 Å². The van der Waals surface area contributed by atoms with E-state index in [1.807, 2.05) is 12.1 Å². The molecule has 72 valence electrons. The molecule has 0 unspecified atom stereocenters. The summed E-state index contributed by atoms with van der Waals surface area (Å²) in [6, 6.07) is 3.78. The molecule has 0 radical (unpaired) electrons. The SMILES string of the molecule is O=C1NCc2c1ccc1c2CCCO1. The second-order valence-corrected chi connectivity index (χ2v) is 3.70. The third-order valence-corrected chi connectivity index (χ3v) is 2.89. The van der Waals surface area contributed by atoms with Crippen molar-refractivity contribution in [3.05, 3.63) is 28.8 Å². The van der Waals surface area contributed by atoms with E-state index in [9.17, 15) is 4.79 Å². The molecule has 0 fully saturated rings. The van der Waals surface area contributed by atoms with Gasteiger partial charge in [-0.25, -0.2) is 0 Å². The number of hydrogen-bond acceptors (Lipinski definition) is 2. The number of carbonyl (C=O) groups is 1. The molecule has 1 aromatic rings. The Morgan fingerprint density at radius 2 is 2.21 bits per heavy atom. The van der Waals surface area contributed by atoms with Gasteiger partial charge in [0.2, 0.25) is 0 Å². The predicted molar refractivity (Wildman–Crippen MR) is 51.4 cm³/mol. The van der Waals surface area contributed by atoms with Gasteiger partial charge in [0.15, 0.2) is 0 Å². The molecule has 0 atom stereocenters. The zero-order chi connectivity index (χ0) is 9.54. The lowest BCUT2D eigenvalue weighted by Crippen LogP contribution is -2.12. The van der Waals surface area contributed by atoms with E-state index < -0.39 is 0 Å². The molecular weight excluding hydrogens is 178 g/mol. The van der Waals surface area contributed by atoms with Crippen LogP contribution in [0.25, 0.3) is 0 Å². The predicted octanol–water partition coefficient (Wildman–Crippen LogP) is 1.26. The van der Waals surface area contributed by atoms with E-state index in [-0.39, 0.29) is 5.91 Å². The smallest absolute Gasteiger partial charge is 0.251 e. The van der Waals surface area contributed by atoms with Gasteiger partial charge in [-0.2, -0.15) is 0 Å². The van der Waals surface area contributed by atoms with Gasteiger partial charge >= 0.3 is 0 Å². The van der Waals surface area contributed by atoms with Crippen LogP contribution in [0, 0.1) is 0 Å². The van der Waals surface area contributed by atoms with Crippen molar-refractivity contribution in [2.75, 3.05) is 6.61 Å². The van der Waals surface area contributed by atoms with E-state index >= 15 is 0 Å². The van der Waals surface area contributed by atoms with Gasteiger partial charge in [-0.3, -0.25) is 4.79 Å². The third kappa shape index (κ3) is 0.953. The summed E-state index contributed by atoms with van der Waals surface area (Å²) in [6.07, 6.45) is 2.09. The van der Waals surface area contributed by atoms with Crippen LogP contribution in [-0.4, -0.2) is 12.5 Å². The first-order valence-corrected chi connectivity index (χ1v) is 4.92. The summed E-state index contributed by atoms with van der Waals surface area (Å²) in [5.74, 6) is 1.01. The molecule has 1 N–H and O–H groups in total. The molecule has 0 spiro atoms. The Morgan fingerprint density at radius 1 is 1.29 bits per heavy atom. The second kappa shape index (κ2) is 2.74. The van der Waals surface area contributed by atoms with E-state index in [1.54, 1.807) is 0 Å². The standard InChI is InChI=1S/C11H11NO2/c13-11-8-3-4-10-7(2-1-5-14-10)9(8)6-12-11/h3-4H,1-2,5-6H2,(H,12,13). The zero-order valence-corrected chi connectivity index (χ0v) is 7.80. The fourth-order valence-electron chi connectivity index (χ4n) is 2.19. The average molecular weight is 189 g/mol. The fraction of sp³-hybridized carbons (Fsp3) is 0.364. The highest BCUT2D eigenvalue weighted by molar-refractivity contribution is 5.99. The Balaban J connectivity index is 2.20. The van der Waals surface area contributed by atoms with E-state index in [2.05, 4.69) is 5.32 Å². The molecule has 0 saturated heterocycles. The summed E-state index contributed by atoms with van der Waals surface area (Å²) in [5.41, 5.74) is 3.20. The summed E-state index contributed by atoms with van der Waals surface area (Å²) >= 11 is 0. The van der Waals surface area contributed by atoms with Crippen LogP contribution in [0.1, 0.15) is 27.9 Å². The molecule has 1 amide bonds. The number of nitrogens with one attached hydrogen (secondary N) is 1. The van der Waals surface area contributed by atoms with Gasteiger partial charge in [0.05, 0.1) is 6.61 Å². The number of amides is 1. The zero-order valence-electron chi connectivity index (χ0n) is 7.80. The van der Waals surface area contributed by atoms with Crippen LogP contribution in [0.2, 0.25) is 0 Å². The van der Waals surface area contributed by atoms with Gasteiger partial charge < -0.3 is 10.1 Å². The van der Waals surface area contributed by atoms with Crippen molar-refractivity contribution < 1.29 is 9.53 Å². The van der Waals surface area contributed by atoms with Gasteiger partial charge in [0.25, 0.3) is 5.91 Å². The van der Waals surface area contributed by atoms with Crippen molar-refractivity contribution in [1.82, 2.24) is 5.32 Å². The van der Waals surface area contributed by atoms with Crippen LogP contribution in [0.15, 0.2) is 12.1 Å². The van der Waals surface area contributed by atoms with Crippen molar-refractivity contribution in [2.24, 2.45) is 0 Å². The van der Waals surface area contributed by atoms with E-state index in [0.29, 0.717) is 6.54 Å². The van der Waals surface area contributed by atoms with Crippen molar-refractivity contribution >= 4 is 5.91 Å². The maximum atomic E-state index is 11.4. The highest BCUT2D eigenvalue weighted by Gasteiger charge is 2.25. The molecule has 14 heavy (non-hydrogen) atoms. The maximum Gasteiger partial charge on any atom is 0.251 e. The Labute approximate surface area is 82.1 Å². The topological polar surface area (TPSA) is 38.3 Å². The van der Waals surface area contributed by atoms with Crippen LogP contribution in [0.5, 0.6) is 5.75 Å². The van der Waals surface area contributed by atoms with Gasteiger partial charge in [0.1, 0.15) is 5.75 Å². The number of fused-ring (bicyclic) bond motifs is 3. The summed E-state index contributed by atoms with van der Waals surface area (Å²) < 4.78 is 5.54. The van der Waals surface area contributed by atoms with Crippen LogP contribution in [-0.2, 0) is 13.0 Å². The van der Waals surface area contributed by atoms with Gasteiger partial charge in [-0.05, 0) is 30.5 Å². The molecule has 3 nitrogen and oxygen atoms in total. The van der Waals surface area contributed by atoms with Crippen molar-refractivity contribution in [1.29, 1.82) is 0 Å².